The number of rotatable bonds is 7. The number of carbonyl (C=O) groups is 1. The maximum Gasteiger partial charge on any atom is 0.264 e. The Kier molecular flexibility index (Phi) is 5.76. The van der Waals surface area contributed by atoms with Crippen molar-refractivity contribution in [2.75, 3.05) is 17.4 Å². The van der Waals surface area contributed by atoms with Crippen molar-refractivity contribution in [1.29, 1.82) is 0 Å². The number of amides is 1. The molecule has 0 saturated heterocycles. The highest BCUT2D eigenvalue weighted by Crippen LogP contribution is 2.24. The molecule has 0 bridgehead atoms. The van der Waals surface area contributed by atoms with Crippen LogP contribution in [0.4, 0.5) is 5.69 Å². The lowest BCUT2D eigenvalue weighted by atomic mass is 10.2. The van der Waals surface area contributed by atoms with Gasteiger partial charge >= 0.3 is 0 Å². The topological polar surface area (TPSA) is 66.5 Å². The van der Waals surface area contributed by atoms with E-state index in [1.165, 1.54) is 12.1 Å². The SMILES string of the molecule is C=CCNC(=O)CN(c1cccc(C)c1)S(=O)(=O)c1ccccc1. The summed E-state index contributed by atoms with van der Waals surface area (Å²) in [5.41, 5.74) is 1.36. The van der Waals surface area contributed by atoms with Gasteiger partial charge in [0.2, 0.25) is 5.91 Å². The van der Waals surface area contributed by atoms with Crippen LogP contribution in [-0.2, 0) is 14.8 Å². The average molecular weight is 344 g/mol. The monoisotopic (exact) mass is 344 g/mol. The van der Waals surface area contributed by atoms with Gasteiger partial charge in [-0.1, -0.05) is 36.4 Å². The van der Waals surface area contributed by atoms with E-state index in [1.807, 2.05) is 13.0 Å². The first-order chi connectivity index (χ1) is 11.4. The summed E-state index contributed by atoms with van der Waals surface area (Å²) < 4.78 is 27.1. The minimum atomic E-state index is -3.84. The molecule has 0 aliphatic carbocycles. The van der Waals surface area contributed by atoms with Crippen molar-refractivity contribution in [1.82, 2.24) is 5.32 Å². The maximum atomic E-state index is 13.0. The van der Waals surface area contributed by atoms with E-state index < -0.39 is 15.9 Å². The summed E-state index contributed by atoms with van der Waals surface area (Å²) in [6.45, 7) is 5.39. The zero-order chi connectivity index (χ0) is 17.6. The fraction of sp³-hybridized carbons (Fsp3) is 0.167. The van der Waals surface area contributed by atoms with Gasteiger partial charge < -0.3 is 5.32 Å². The Morgan fingerprint density at radius 3 is 2.50 bits per heavy atom. The van der Waals surface area contributed by atoms with Crippen molar-refractivity contribution < 1.29 is 13.2 Å². The van der Waals surface area contributed by atoms with Crippen molar-refractivity contribution in [3.05, 3.63) is 72.8 Å². The third kappa shape index (κ3) is 4.23. The summed E-state index contributed by atoms with van der Waals surface area (Å²) in [6, 6.07) is 15.1. The van der Waals surface area contributed by atoms with Gasteiger partial charge in [0.1, 0.15) is 6.54 Å². The van der Waals surface area contributed by atoms with Crippen LogP contribution in [0.5, 0.6) is 0 Å². The van der Waals surface area contributed by atoms with E-state index in [1.54, 1.807) is 42.5 Å². The van der Waals surface area contributed by atoms with Gasteiger partial charge in [0.25, 0.3) is 10.0 Å². The summed E-state index contributed by atoms with van der Waals surface area (Å²) in [5.74, 6) is -0.393. The second kappa shape index (κ2) is 7.79. The molecule has 0 aliphatic heterocycles. The van der Waals surface area contributed by atoms with Gasteiger partial charge in [-0.15, -0.1) is 6.58 Å². The minimum Gasteiger partial charge on any atom is -0.351 e. The number of sulfonamides is 1. The molecule has 126 valence electrons. The lowest BCUT2D eigenvalue weighted by Gasteiger charge is -2.24. The van der Waals surface area contributed by atoms with Crippen LogP contribution in [0.1, 0.15) is 5.56 Å². The van der Waals surface area contributed by atoms with E-state index in [0.717, 1.165) is 9.87 Å². The predicted molar refractivity (Wildman–Crippen MR) is 95.4 cm³/mol. The van der Waals surface area contributed by atoms with E-state index >= 15 is 0 Å². The molecule has 2 aromatic rings. The molecule has 24 heavy (non-hydrogen) atoms. The Morgan fingerprint density at radius 1 is 1.17 bits per heavy atom. The molecule has 6 heteroatoms. The van der Waals surface area contributed by atoms with Gasteiger partial charge in [-0.05, 0) is 36.8 Å². The molecule has 0 atom stereocenters. The van der Waals surface area contributed by atoms with E-state index in [4.69, 9.17) is 0 Å². The normalized spacial score (nSPS) is 10.9. The summed E-state index contributed by atoms with van der Waals surface area (Å²) in [5, 5.41) is 2.61. The second-order valence-electron chi connectivity index (χ2n) is 5.26. The Morgan fingerprint density at radius 2 is 1.88 bits per heavy atom. The highest BCUT2D eigenvalue weighted by Gasteiger charge is 2.26. The average Bonchev–Trinajstić information content (AvgIpc) is 2.58. The molecule has 0 saturated carbocycles. The number of hydrogen-bond acceptors (Lipinski definition) is 3. The van der Waals surface area contributed by atoms with Gasteiger partial charge in [-0.2, -0.15) is 0 Å². The quantitative estimate of drug-likeness (QED) is 0.785. The lowest BCUT2D eigenvalue weighted by Crippen LogP contribution is -2.41. The third-order valence-corrected chi connectivity index (χ3v) is 5.14. The molecule has 0 aromatic heterocycles. The third-order valence-electron chi connectivity index (χ3n) is 3.35. The molecule has 1 N–H and O–H groups in total. The lowest BCUT2D eigenvalue weighted by molar-refractivity contribution is -0.119. The van der Waals surface area contributed by atoms with E-state index in [0.29, 0.717) is 5.69 Å². The Hall–Kier alpha value is -2.60. The van der Waals surface area contributed by atoms with Crippen LogP contribution < -0.4 is 9.62 Å². The van der Waals surface area contributed by atoms with Crippen molar-refractivity contribution in [3.8, 4) is 0 Å². The fourth-order valence-corrected chi connectivity index (χ4v) is 3.62. The molecule has 0 heterocycles. The summed E-state index contributed by atoms with van der Waals surface area (Å²) >= 11 is 0. The number of benzene rings is 2. The number of aryl methyl sites for hydroxylation is 1. The number of carbonyl (C=O) groups excluding carboxylic acids is 1. The Balaban J connectivity index is 2.43. The number of nitrogens with one attached hydrogen (secondary N) is 1. The maximum absolute atomic E-state index is 13.0. The standard InChI is InChI=1S/C18H20N2O3S/c1-3-12-19-18(21)14-20(16-9-7-8-15(2)13-16)24(22,23)17-10-5-4-6-11-17/h3-11,13H,1,12,14H2,2H3,(H,19,21). The zero-order valence-electron chi connectivity index (χ0n) is 13.5. The molecule has 0 fully saturated rings. The fourth-order valence-electron chi connectivity index (χ4n) is 2.19. The van der Waals surface area contributed by atoms with Crippen molar-refractivity contribution in [2.45, 2.75) is 11.8 Å². The molecular formula is C18H20N2O3S. The molecule has 0 spiro atoms. The summed E-state index contributed by atoms with van der Waals surface area (Å²) in [6.07, 6.45) is 1.54. The molecule has 2 rings (SSSR count). The highest BCUT2D eigenvalue weighted by atomic mass is 32.2. The van der Waals surface area contributed by atoms with Gasteiger partial charge in [0.05, 0.1) is 10.6 Å². The van der Waals surface area contributed by atoms with Crippen LogP contribution in [-0.4, -0.2) is 27.4 Å². The second-order valence-corrected chi connectivity index (χ2v) is 7.12. The number of anilines is 1. The predicted octanol–water partition coefficient (Wildman–Crippen LogP) is 2.49. The molecule has 2 aromatic carbocycles. The Bertz CT molecular complexity index is 817. The molecule has 1 amide bonds. The molecular weight excluding hydrogens is 324 g/mol. The smallest absolute Gasteiger partial charge is 0.264 e. The van der Waals surface area contributed by atoms with Crippen molar-refractivity contribution >= 4 is 21.6 Å². The molecule has 0 unspecified atom stereocenters. The first kappa shape index (κ1) is 17.7. The molecule has 0 radical (unpaired) electrons. The molecule has 5 nitrogen and oxygen atoms in total. The van der Waals surface area contributed by atoms with Crippen LogP contribution in [0.3, 0.4) is 0 Å². The van der Waals surface area contributed by atoms with Crippen LogP contribution in [0.15, 0.2) is 72.1 Å². The van der Waals surface area contributed by atoms with Crippen LogP contribution in [0.25, 0.3) is 0 Å². The van der Waals surface area contributed by atoms with Gasteiger partial charge in [0, 0.05) is 6.54 Å². The van der Waals surface area contributed by atoms with Crippen LogP contribution in [0.2, 0.25) is 0 Å². The van der Waals surface area contributed by atoms with Crippen molar-refractivity contribution in [3.63, 3.8) is 0 Å². The largest absolute Gasteiger partial charge is 0.351 e. The van der Waals surface area contributed by atoms with Gasteiger partial charge in [0.15, 0.2) is 0 Å². The van der Waals surface area contributed by atoms with E-state index in [-0.39, 0.29) is 18.0 Å². The molecule has 0 aliphatic rings. The van der Waals surface area contributed by atoms with Gasteiger partial charge in [-0.3, -0.25) is 9.10 Å². The van der Waals surface area contributed by atoms with Gasteiger partial charge in [-0.25, -0.2) is 8.42 Å². The number of hydrogen-bond donors (Lipinski definition) is 1. The first-order valence-corrected chi connectivity index (χ1v) is 8.91. The summed E-state index contributed by atoms with van der Waals surface area (Å²) in [7, 11) is -3.84. The Labute approximate surface area is 142 Å². The number of nitrogens with zero attached hydrogens (tertiary/aromatic N) is 1. The highest BCUT2D eigenvalue weighted by molar-refractivity contribution is 7.92. The first-order valence-electron chi connectivity index (χ1n) is 7.47. The van der Waals surface area contributed by atoms with Crippen LogP contribution in [0, 0.1) is 6.92 Å². The van der Waals surface area contributed by atoms with Crippen molar-refractivity contribution in [2.24, 2.45) is 0 Å². The van der Waals surface area contributed by atoms with E-state index in [2.05, 4.69) is 11.9 Å². The summed E-state index contributed by atoms with van der Waals surface area (Å²) in [4.78, 5) is 12.2. The zero-order valence-corrected chi connectivity index (χ0v) is 14.3. The van der Waals surface area contributed by atoms with E-state index in [9.17, 15) is 13.2 Å². The minimum absolute atomic E-state index is 0.142. The van der Waals surface area contributed by atoms with Crippen LogP contribution >= 0.6 is 0 Å².